The van der Waals surface area contributed by atoms with Gasteiger partial charge >= 0.3 is 0 Å². The van der Waals surface area contributed by atoms with Crippen molar-refractivity contribution < 1.29 is 4.42 Å². The molecule has 0 bridgehead atoms. The van der Waals surface area contributed by atoms with Gasteiger partial charge in [-0.3, -0.25) is 0 Å². The highest BCUT2D eigenvalue weighted by atomic mass is 16.3. The molecule has 0 spiro atoms. The lowest BCUT2D eigenvalue weighted by atomic mass is 9.83. The summed E-state index contributed by atoms with van der Waals surface area (Å²) in [6.45, 7) is 10.7. The number of benzene rings is 8. The summed E-state index contributed by atoms with van der Waals surface area (Å²) in [5.41, 5.74) is 21.9. The second kappa shape index (κ2) is 17.9. The molecule has 1 heterocycles. The smallest absolute Gasteiger partial charge is 0.143 e. The zero-order valence-electron chi connectivity index (χ0n) is 31.9. The molecule has 0 amide bonds. The summed E-state index contributed by atoms with van der Waals surface area (Å²) >= 11 is 0. The Morgan fingerprint density at radius 3 is 1.71 bits per heavy atom. The van der Waals surface area contributed by atoms with Crippen molar-refractivity contribution in [3.8, 4) is 22.3 Å². The number of nitrogens with two attached hydrogens (primary N) is 2. The quantitative estimate of drug-likeness (QED) is 0.0779. The van der Waals surface area contributed by atoms with Gasteiger partial charge in [0.1, 0.15) is 11.2 Å². The number of fused-ring (bicyclic) bond motifs is 8. The third-order valence-electron chi connectivity index (χ3n) is 9.71. The van der Waals surface area contributed by atoms with E-state index in [0.29, 0.717) is 0 Å². The summed E-state index contributed by atoms with van der Waals surface area (Å²) in [6, 6.07) is 60.3. The van der Waals surface area contributed by atoms with Crippen LogP contribution < -0.4 is 11.5 Å². The second-order valence-corrected chi connectivity index (χ2v) is 12.7. The SMILES string of the molecule is C=CC=C.CC.CN.Nc1ccccc1C(c1ccccc1)c1cccc(-c2cccc(-c3cccc4oc5c6ccccc6c6ccccc6c5c34)c2)c1. The van der Waals surface area contributed by atoms with Gasteiger partial charge in [-0.25, -0.2) is 0 Å². The lowest BCUT2D eigenvalue weighted by Gasteiger charge is -2.21. The van der Waals surface area contributed by atoms with Crippen LogP contribution in [0.25, 0.3) is 65.7 Å². The van der Waals surface area contributed by atoms with Crippen LogP contribution in [0.1, 0.15) is 36.5 Å². The number of anilines is 1. The van der Waals surface area contributed by atoms with Gasteiger partial charge in [0.15, 0.2) is 0 Å². The van der Waals surface area contributed by atoms with Crippen LogP contribution >= 0.6 is 0 Å². The molecule has 0 saturated heterocycles. The van der Waals surface area contributed by atoms with Crippen molar-refractivity contribution in [3.05, 3.63) is 212 Å². The molecule has 9 rings (SSSR count). The van der Waals surface area contributed by atoms with Gasteiger partial charge in [0.2, 0.25) is 0 Å². The van der Waals surface area contributed by atoms with Crippen LogP contribution in [0.4, 0.5) is 5.69 Å². The molecule has 4 N–H and O–H groups in total. The Kier molecular flexibility index (Phi) is 12.4. The highest BCUT2D eigenvalue weighted by molar-refractivity contribution is 6.32. The Hall–Kier alpha value is -6.68. The van der Waals surface area contributed by atoms with Gasteiger partial charge in [-0.15, -0.1) is 0 Å². The monoisotopic (exact) mass is 716 g/mol. The number of hydrogen-bond donors (Lipinski definition) is 2. The van der Waals surface area contributed by atoms with Crippen molar-refractivity contribution in [3.63, 3.8) is 0 Å². The molecule has 0 aliphatic rings. The van der Waals surface area contributed by atoms with Crippen LogP contribution in [0.5, 0.6) is 0 Å². The van der Waals surface area contributed by atoms with Gasteiger partial charge < -0.3 is 15.9 Å². The van der Waals surface area contributed by atoms with E-state index in [0.717, 1.165) is 44.3 Å². The summed E-state index contributed by atoms with van der Waals surface area (Å²) in [5, 5.41) is 7.13. The number of para-hydroxylation sites is 1. The fourth-order valence-electron chi connectivity index (χ4n) is 7.42. The average Bonchev–Trinajstić information content (AvgIpc) is 3.67. The van der Waals surface area contributed by atoms with Gasteiger partial charge in [0.25, 0.3) is 0 Å². The number of allylic oxidation sites excluding steroid dienone is 2. The fraction of sp³-hybridized carbons (Fsp3) is 0.0769. The van der Waals surface area contributed by atoms with E-state index in [1.165, 1.54) is 50.8 Å². The predicted octanol–water partition coefficient (Wildman–Crippen LogP) is 13.9. The lowest BCUT2D eigenvalue weighted by molar-refractivity contribution is 0.673. The third-order valence-corrected chi connectivity index (χ3v) is 9.71. The van der Waals surface area contributed by atoms with Crippen LogP contribution in [0, 0.1) is 0 Å². The van der Waals surface area contributed by atoms with E-state index < -0.39 is 0 Å². The van der Waals surface area contributed by atoms with Gasteiger partial charge in [-0.2, -0.15) is 0 Å². The minimum absolute atomic E-state index is 0.0229. The van der Waals surface area contributed by atoms with E-state index in [1.54, 1.807) is 12.2 Å². The first-order valence-corrected chi connectivity index (χ1v) is 18.8. The van der Waals surface area contributed by atoms with Crippen molar-refractivity contribution in [2.24, 2.45) is 5.73 Å². The van der Waals surface area contributed by atoms with Crippen LogP contribution in [0.3, 0.4) is 0 Å². The zero-order chi connectivity index (χ0) is 38.7. The molecule has 8 aromatic carbocycles. The van der Waals surface area contributed by atoms with Crippen LogP contribution in [0.15, 0.2) is 200 Å². The molecule has 55 heavy (non-hydrogen) atoms. The van der Waals surface area contributed by atoms with E-state index >= 15 is 0 Å². The maximum absolute atomic E-state index is 6.68. The minimum atomic E-state index is 0.0229. The first kappa shape index (κ1) is 38.1. The van der Waals surface area contributed by atoms with Crippen LogP contribution in [-0.2, 0) is 0 Å². The molecular formula is C52H48N2O. The van der Waals surface area contributed by atoms with Gasteiger partial charge in [0.05, 0.1) is 0 Å². The van der Waals surface area contributed by atoms with Gasteiger partial charge in [-0.05, 0) is 80.3 Å². The molecule has 1 unspecified atom stereocenters. The molecular weight excluding hydrogens is 669 g/mol. The summed E-state index contributed by atoms with van der Waals surface area (Å²) in [6.07, 6.45) is 3.28. The Morgan fingerprint density at radius 1 is 0.491 bits per heavy atom. The van der Waals surface area contributed by atoms with Crippen LogP contribution in [-0.4, -0.2) is 7.05 Å². The van der Waals surface area contributed by atoms with E-state index in [1.807, 2.05) is 26.0 Å². The Bertz CT molecular complexity index is 2700. The summed E-state index contributed by atoms with van der Waals surface area (Å²) in [5.74, 6) is 0.0229. The molecule has 0 aliphatic carbocycles. The van der Waals surface area contributed by atoms with Crippen molar-refractivity contribution in [2.75, 3.05) is 12.8 Å². The highest BCUT2D eigenvalue weighted by Crippen LogP contribution is 2.45. The molecule has 0 radical (unpaired) electrons. The van der Waals surface area contributed by atoms with Gasteiger partial charge in [-0.1, -0.05) is 191 Å². The molecule has 0 aliphatic heterocycles. The summed E-state index contributed by atoms with van der Waals surface area (Å²) < 4.78 is 6.68. The first-order chi connectivity index (χ1) is 27.2. The maximum atomic E-state index is 6.68. The zero-order valence-corrected chi connectivity index (χ0v) is 31.9. The fourth-order valence-corrected chi connectivity index (χ4v) is 7.42. The Balaban J connectivity index is 0.000000598. The molecule has 3 nitrogen and oxygen atoms in total. The van der Waals surface area contributed by atoms with Gasteiger partial charge in [0, 0.05) is 27.8 Å². The number of hydrogen-bond acceptors (Lipinski definition) is 3. The van der Waals surface area contributed by atoms with Crippen molar-refractivity contribution in [2.45, 2.75) is 19.8 Å². The molecule has 272 valence electrons. The Morgan fingerprint density at radius 2 is 1.02 bits per heavy atom. The highest BCUT2D eigenvalue weighted by Gasteiger charge is 2.21. The third kappa shape index (κ3) is 7.57. The van der Waals surface area contributed by atoms with Crippen molar-refractivity contribution >= 4 is 49.2 Å². The molecule has 0 fully saturated rings. The van der Waals surface area contributed by atoms with Crippen LogP contribution in [0.2, 0.25) is 0 Å². The second-order valence-electron chi connectivity index (χ2n) is 12.7. The molecule has 9 aromatic rings. The standard InChI is InChI=1S/C45H31NO.C4H6.C2H6.CH5N/c46-40-25-9-8-23-39(40)42(29-13-2-1-3-14-29)33-18-11-16-31(28-33)30-15-10-17-32(27-30)34-24-12-26-41-43(34)44-37-21-6-4-19-35(37)36-20-5-7-22-38(36)45(44)47-41;1-3-4-2;2*1-2/h1-28,42H,46H2;3-4H,1-2H2;1-2H3;2H2,1H3. The first-order valence-electron chi connectivity index (χ1n) is 18.8. The molecule has 1 aromatic heterocycles. The number of nitrogen functional groups attached to an aromatic ring is 1. The molecule has 0 saturated carbocycles. The molecule has 3 heteroatoms. The van der Waals surface area contributed by atoms with E-state index in [9.17, 15) is 0 Å². The van der Waals surface area contributed by atoms with E-state index in [-0.39, 0.29) is 5.92 Å². The number of rotatable bonds is 6. The minimum Gasteiger partial charge on any atom is -0.455 e. The molecule has 1 atom stereocenters. The van der Waals surface area contributed by atoms with Crippen molar-refractivity contribution in [1.29, 1.82) is 0 Å². The Labute approximate surface area is 324 Å². The average molecular weight is 717 g/mol. The lowest BCUT2D eigenvalue weighted by Crippen LogP contribution is -2.06. The summed E-state index contributed by atoms with van der Waals surface area (Å²) in [7, 11) is 1.50. The maximum Gasteiger partial charge on any atom is 0.143 e. The summed E-state index contributed by atoms with van der Waals surface area (Å²) in [4.78, 5) is 0. The van der Waals surface area contributed by atoms with E-state index in [2.05, 4.69) is 177 Å². The normalized spacial score (nSPS) is 11.1. The largest absolute Gasteiger partial charge is 0.455 e. The predicted molar refractivity (Wildman–Crippen MR) is 240 cm³/mol. The number of furan rings is 1. The topological polar surface area (TPSA) is 65.2 Å². The van der Waals surface area contributed by atoms with E-state index in [4.69, 9.17) is 10.2 Å². The van der Waals surface area contributed by atoms with Crippen molar-refractivity contribution in [1.82, 2.24) is 0 Å².